The highest BCUT2D eigenvalue weighted by atomic mass is 15.0. The van der Waals surface area contributed by atoms with Crippen molar-refractivity contribution in [1.82, 2.24) is 19.9 Å². The van der Waals surface area contributed by atoms with Crippen LogP contribution in [-0.2, 0) is 5.41 Å². The van der Waals surface area contributed by atoms with Crippen molar-refractivity contribution in [3.05, 3.63) is 163 Å². The van der Waals surface area contributed by atoms with Gasteiger partial charge in [0.2, 0.25) is 0 Å². The molecule has 0 saturated carbocycles. The second-order valence-electron chi connectivity index (χ2n) is 11.2. The van der Waals surface area contributed by atoms with Gasteiger partial charge in [-0.1, -0.05) is 148 Å². The topological polar surface area (TPSA) is 51.6 Å². The van der Waals surface area contributed by atoms with Crippen molar-refractivity contribution in [2.45, 2.75) is 26.2 Å². The van der Waals surface area contributed by atoms with Gasteiger partial charge in [0.1, 0.15) is 0 Å². The van der Waals surface area contributed by atoms with E-state index < -0.39 is 0 Å². The normalized spacial score (nSPS) is 12.1. The molecule has 4 heteroatoms. The molecule has 2 heterocycles. The molecule has 0 fully saturated rings. The zero-order valence-corrected chi connectivity index (χ0v) is 25.3. The highest BCUT2D eigenvalue weighted by Crippen LogP contribution is 2.35. The standard InChI is InChI=1S/C40H34N4/c1-5-7-13-28(6-2)37-42-38(31-14-9-8-10-15-31)44-39(43-37)32-21-25-34(26-22-32)40(3,4)33-23-19-29(20-24-33)35-18-11-16-30-17-12-27-41-36(30)35/h5-27H,1H2,2-4H3/b13-7-,28-6+. The Morgan fingerprint density at radius 1 is 0.659 bits per heavy atom. The number of para-hydroxylation sites is 1. The Labute approximate surface area is 259 Å². The quantitative estimate of drug-likeness (QED) is 0.171. The van der Waals surface area contributed by atoms with Crippen molar-refractivity contribution in [3.63, 3.8) is 0 Å². The molecule has 4 aromatic carbocycles. The number of benzene rings is 4. The van der Waals surface area contributed by atoms with Gasteiger partial charge < -0.3 is 0 Å². The van der Waals surface area contributed by atoms with Crippen LogP contribution in [0.25, 0.3) is 50.4 Å². The van der Waals surface area contributed by atoms with E-state index in [9.17, 15) is 0 Å². The van der Waals surface area contributed by atoms with E-state index in [2.05, 4.69) is 98.2 Å². The molecule has 6 rings (SSSR count). The van der Waals surface area contributed by atoms with E-state index in [4.69, 9.17) is 15.0 Å². The number of allylic oxidation sites excluding steroid dienone is 5. The molecule has 0 unspecified atom stereocenters. The van der Waals surface area contributed by atoms with Gasteiger partial charge in [0.15, 0.2) is 17.5 Å². The van der Waals surface area contributed by atoms with Gasteiger partial charge in [-0.2, -0.15) is 0 Å². The second-order valence-corrected chi connectivity index (χ2v) is 11.2. The van der Waals surface area contributed by atoms with Gasteiger partial charge in [0, 0.05) is 39.3 Å². The number of nitrogens with zero attached hydrogens (tertiary/aromatic N) is 4. The third-order valence-electron chi connectivity index (χ3n) is 8.06. The molecule has 6 aromatic rings. The summed E-state index contributed by atoms with van der Waals surface area (Å²) in [6.45, 7) is 10.3. The first-order valence-electron chi connectivity index (χ1n) is 14.8. The zero-order chi connectivity index (χ0) is 30.5. The van der Waals surface area contributed by atoms with Crippen molar-refractivity contribution >= 4 is 16.5 Å². The van der Waals surface area contributed by atoms with Crippen LogP contribution in [0.15, 0.2) is 146 Å². The van der Waals surface area contributed by atoms with Crippen molar-refractivity contribution in [2.24, 2.45) is 0 Å². The summed E-state index contributed by atoms with van der Waals surface area (Å²) in [5.41, 5.74) is 8.36. The molecule has 0 bridgehead atoms. The first-order valence-corrected chi connectivity index (χ1v) is 14.8. The maximum absolute atomic E-state index is 4.88. The molecule has 0 aliphatic carbocycles. The molecule has 0 saturated heterocycles. The molecule has 4 nitrogen and oxygen atoms in total. The Hall–Kier alpha value is -5.48. The molecular formula is C40H34N4. The Kier molecular flexibility index (Phi) is 8.07. The second kappa shape index (κ2) is 12.4. The summed E-state index contributed by atoms with van der Waals surface area (Å²) in [5, 5.41) is 1.14. The van der Waals surface area contributed by atoms with Crippen LogP contribution in [0, 0.1) is 0 Å². The highest BCUT2D eigenvalue weighted by Gasteiger charge is 2.23. The SMILES string of the molecule is C=C/C=C\C(=C/C)c1nc(-c2ccccc2)nc(-c2ccc(C(C)(C)c3ccc(-c4cccc5cccnc45)cc3)cc2)n1. The zero-order valence-electron chi connectivity index (χ0n) is 25.3. The van der Waals surface area contributed by atoms with Crippen LogP contribution in [0.3, 0.4) is 0 Å². The smallest absolute Gasteiger partial charge is 0.164 e. The van der Waals surface area contributed by atoms with Crippen molar-refractivity contribution in [1.29, 1.82) is 0 Å². The Balaban J connectivity index is 1.33. The third-order valence-corrected chi connectivity index (χ3v) is 8.06. The van der Waals surface area contributed by atoms with E-state index >= 15 is 0 Å². The molecule has 0 atom stereocenters. The number of hydrogen-bond donors (Lipinski definition) is 0. The fraction of sp³-hybridized carbons (Fsp3) is 0.100. The molecule has 0 amide bonds. The van der Waals surface area contributed by atoms with Crippen LogP contribution in [0.2, 0.25) is 0 Å². The first-order chi connectivity index (χ1) is 21.5. The number of fused-ring (bicyclic) bond motifs is 1. The maximum atomic E-state index is 4.88. The molecule has 0 N–H and O–H groups in total. The summed E-state index contributed by atoms with van der Waals surface area (Å²) >= 11 is 0. The fourth-order valence-corrected chi connectivity index (χ4v) is 5.43. The summed E-state index contributed by atoms with van der Waals surface area (Å²) < 4.78 is 0. The lowest BCUT2D eigenvalue weighted by Crippen LogP contribution is -2.18. The van der Waals surface area contributed by atoms with Crippen LogP contribution >= 0.6 is 0 Å². The highest BCUT2D eigenvalue weighted by molar-refractivity contribution is 5.93. The summed E-state index contributed by atoms with van der Waals surface area (Å²) in [5.74, 6) is 1.90. The number of aromatic nitrogens is 4. The minimum absolute atomic E-state index is 0.207. The number of rotatable bonds is 8. The third kappa shape index (κ3) is 5.75. The largest absolute Gasteiger partial charge is 0.256 e. The summed E-state index contributed by atoms with van der Waals surface area (Å²) in [6, 6.07) is 37.9. The lowest BCUT2D eigenvalue weighted by Gasteiger charge is -2.26. The van der Waals surface area contributed by atoms with Gasteiger partial charge >= 0.3 is 0 Å². The molecule has 0 spiro atoms. The summed E-state index contributed by atoms with van der Waals surface area (Å²) in [6.07, 6.45) is 9.46. The number of pyridine rings is 1. The van der Waals surface area contributed by atoms with Crippen LogP contribution in [0.5, 0.6) is 0 Å². The lowest BCUT2D eigenvalue weighted by atomic mass is 9.77. The van der Waals surface area contributed by atoms with Crippen molar-refractivity contribution in [3.8, 4) is 33.9 Å². The molecule has 44 heavy (non-hydrogen) atoms. The predicted molar refractivity (Wildman–Crippen MR) is 183 cm³/mol. The minimum Gasteiger partial charge on any atom is -0.256 e. The van der Waals surface area contributed by atoms with Gasteiger partial charge in [0.05, 0.1) is 5.52 Å². The monoisotopic (exact) mass is 570 g/mol. The van der Waals surface area contributed by atoms with E-state index in [0.29, 0.717) is 17.5 Å². The molecule has 0 radical (unpaired) electrons. The van der Waals surface area contributed by atoms with Crippen LogP contribution in [-0.4, -0.2) is 19.9 Å². The van der Waals surface area contributed by atoms with E-state index in [0.717, 1.165) is 38.7 Å². The van der Waals surface area contributed by atoms with Crippen LogP contribution in [0.1, 0.15) is 37.7 Å². The van der Waals surface area contributed by atoms with Gasteiger partial charge in [0.25, 0.3) is 0 Å². The van der Waals surface area contributed by atoms with Gasteiger partial charge in [-0.3, -0.25) is 4.98 Å². The van der Waals surface area contributed by atoms with Gasteiger partial charge in [-0.25, -0.2) is 15.0 Å². The summed E-state index contributed by atoms with van der Waals surface area (Å²) in [7, 11) is 0. The van der Waals surface area contributed by atoms with Crippen molar-refractivity contribution < 1.29 is 0 Å². The Morgan fingerprint density at radius 2 is 1.27 bits per heavy atom. The van der Waals surface area contributed by atoms with Gasteiger partial charge in [-0.05, 0) is 29.7 Å². The van der Waals surface area contributed by atoms with Gasteiger partial charge in [-0.15, -0.1) is 0 Å². The first kappa shape index (κ1) is 28.6. The molecular weight excluding hydrogens is 536 g/mol. The molecule has 0 aliphatic rings. The molecule has 2 aromatic heterocycles. The maximum Gasteiger partial charge on any atom is 0.164 e. The average Bonchev–Trinajstić information content (AvgIpc) is 3.09. The number of hydrogen-bond acceptors (Lipinski definition) is 4. The van der Waals surface area contributed by atoms with Crippen LogP contribution in [0.4, 0.5) is 0 Å². The van der Waals surface area contributed by atoms with E-state index in [1.807, 2.05) is 67.7 Å². The minimum atomic E-state index is -0.207. The van der Waals surface area contributed by atoms with E-state index in [1.54, 1.807) is 6.08 Å². The van der Waals surface area contributed by atoms with Crippen molar-refractivity contribution in [2.75, 3.05) is 0 Å². The average molecular weight is 571 g/mol. The summed E-state index contributed by atoms with van der Waals surface area (Å²) in [4.78, 5) is 19.2. The Bertz CT molecular complexity index is 1980. The van der Waals surface area contributed by atoms with E-state index in [1.165, 1.54) is 11.1 Å². The van der Waals surface area contributed by atoms with Crippen LogP contribution < -0.4 is 0 Å². The lowest BCUT2D eigenvalue weighted by molar-refractivity contribution is 0.641. The Morgan fingerprint density at radius 3 is 1.91 bits per heavy atom. The molecule has 214 valence electrons. The van der Waals surface area contributed by atoms with E-state index in [-0.39, 0.29) is 5.41 Å². The fourth-order valence-electron chi connectivity index (χ4n) is 5.43. The predicted octanol–water partition coefficient (Wildman–Crippen LogP) is 9.89. The molecule has 0 aliphatic heterocycles.